The predicted octanol–water partition coefficient (Wildman–Crippen LogP) is 3.58. The highest BCUT2D eigenvalue weighted by Gasteiger charge is 2.20. The van der Waals surface area contributed by atoms with Gasteiger partial charge in [-0.2, -0.15) is 0 Å². The number of nitrogens with one attached hydrogen (secondary N) is 2. The van der Waals surface area contributed by atoms with Gasteiger partial charge in [-0.3, -0.25) is 10.1 Å². The Morgan fingerprint density at radius 1 is 1.13 bits per heavy atom. The summed E-state index contributed by atoms with van der Waals surface area (Å²) in [5.41, 5.74) is 1.32. The molecule has 0 aliphatic heterocycles. The highest BCUT2D eigenvalue weighted by molar-refractivity contribution is 7.17. The number of aryl methyl sites for hydroxylation is 1. The number of anilines is 2. The van der Waals surface area contributed by atoms with Gasteiger partial charge in [-0.05, 0) is 32.9 Å². The van der Waals surface area contributed by atoms with E-state index >= 15 is 0 Å². The van der Waals surface area contributed by atoms with Crippen molar-refractivity contribution in [3.63, 3.8) is 0 Å². The van der Waals surface area contributed by atoms with E-state index < -0.39 is 0 Å². The fourth-order valence-corrected chi connectivity index (χ4v) is 3.01. The van der Waals surface area contributed by atoms with E-state index in [2.05, 4.69) is 15.6 Å². The van der Waals surface area contributed by atoms with Crippen molar-refractivity contribution >= 4 is 34.1 Å². The molecule has 0 radical (unpaired) electrons. The van der Waals surface area contributed by atoms with Crippen LogP contribution in [0, 0.1) is 6.92 Å². The van der Waals surface area contributed by atoms with Crippen molar-refractivity contribution in [1.82, 2.24) is 9.88 Å². The Morgan fingerprint density at radius 2 is 1.78 bits per heavy atom. The zero-order valence-electron chi connectivity index (χ0n) is 13.4. The molecule has 1 aromatic heterocycles. The fourth-order valence-electron chi connectivity index (χ4n) is 2.08. The van der Waals surface area contributed by atoms with Crippen LogP contribution in [-0.4, -0.2) is 34.9 Å². The quantitative estimate of drug-likeness (QED) is 0.879. The highest BCUT2D eigenvalue weighted by atomic mass is 32.1. The molecule has 7 heteroatoms. The SMILES string of the molecule is CCN(CC)C(=O)c1sc(NC(=O)Nc2ccccc2)nc1C. The number of urea groups is 1. The van der Waals surface area contributed by atoms with Crippen molar-refractivity contribution < 1.29 is 9.59 Å². The molecule has 2 rings (SSSR count). The van der Waals surface area contributed by atoms with Gasteiger partial charge in [0.05, 0.1) is 5.69 Å². The summed E-state index contributed by atoms with van der Waals surface area (Å²) in [6.45, 7) is 6.93. The van der Waals surface area contributed by atoms with Crippen molar-refractivity contribution in [3.8, 4) is 0 Å². The molecule has 1 aromatic carbocycles. The van der Waals surface area contributed by atoms with Gasteiger partial charge in [0.15, 0.2) is 5.13 Å². The molecule has 23 heavy (non-hydrogen) atoms. The number of aromatic nitrogens is 1. The van der Waals surface area contributed by atoms with E-state index in [1.165, 1.54) is 11.3 Å². The Morgan fingerprint density at radius 3 is 2.39 bits per heavy atom. The molecule has 0 unspecified atom stereocenters. The van der Waals surface area contributed by atoms with Gasteiger partial charge in [-0.15, -0.1) is 0 Å². The first kappa shape index (κ1) is 17.0. The molecular formula is C16H20N4O2S. The van der Waals surface area contributed by atoms with Crippen LogP contribution in [0.3, 0.4) is 0 Å². The zero-order chi connectivity index (χ0) is 16.8. The standard InChI is InChI=1S/C16H20N4O2S/c1-4-20(5-2)14(21)13-11(3)17-16(23-13)19-15(22)18-12-9-7-6-8-10-12/h6-10H,4-5H2,1-3H3,(H2,17,18,19,22). The minimum Gasteiger partial charge on any atom is -0.338 e. The molecule has 0 aliphatic carbocycles. The number of hydrogen-bond donors (Lipinski definition) is 2. The summed E-state index contributed by atoms with van der Waals surface area (Å²) < 4.78 is 0. The Hall–Kier alpha value is -2.41. The van der Waals surface area contributed by atoms with Gasteiger partial charge >= 0.3 is 6.03 Å². The number of thiazole rings is 1. The fraction of sp³-hybridized carbons (Fsp3) is 0.312. The highest BCUT2D eigenvalue weighted by Crippen LogP contribution is 2.24. The average molecular weight is 332 g/mol. The predicted molar refractivity (Wildman–Crippen MR) is 93.2 cm³/mol. The van der Waals surface area contributed by atoms with Gasteiger partial charge in [-0.1, -0.05) is 29.5 Å². The monoisotopic (exact) mass is 332 g/mol. The van der Waals surface area contributed by atoms with Crippen LogP contribution in [0.15, 0.2) is 30.3 Å². The molecule has 2 N–H and O–H groups in total. The third-order valence-electron chi connectivity index (χ3n) is 3.29. The minimum atomic E-state index is -0.383. The maximum Gasteiger partial charge on any atom is 0.325 e. The number of para-hydroxylation sites is 1. The number of nitrogens with zero attached hydrogens (tertiary/aromatic N) is 2. The molecule has 1 heterocycles. The molecule has 0 saturated carbocycles. The van der Waals surface area contributed by atoms with Gasteiger partial charge in [-0.25, -0.2) is 9.78 Å². The summed E-state index contributed by atoms with van der Waals surface area (Å²) >= 11 is 1.19. The second-order valence-corrected chi connectivity index (χ2v) is 5.86. The molecule has 3 amide bonds. The van der Waals surface area contributed by atoms with Crippen molar-refractivity contribution in [2.24, 2.45) is 0 Å². The van der Waals surface area contributed by atoms with Gasteiger partial charge in [0, 0.05) is 18.8 Å². The number of carbonyl (C=O) groups is 2. The molecule has 0 spiro atoms. The molecule has 0 aliphatic rings. The molecule has 0 saturated heterocycles. The zero-order valence-corrected chi connectivity index (χ0v) is 14.2. The Kier molecular flexibility index (Phi) is 5.70. The van der Waals surface area contributed by atoms with Crippen LogP contribution in [0.1, 0.15) is 29.2 Å². The van der Waals surface area contributed by atoms with E-state index in [4.69, 9.17) is 0 Å². The molecule has 0 fully saturated rings. The molecular weight excluding hydrogens is 312 g/mol. The van der Waals surface area contributed by atoms with Gasteiger partial charge in [0.1, 0.15) is 4.88 Å². The second-order valence-electron chi connectivity index (χ2n) is 4.86. The van der Waals surface area contributed by atoms with Crippen LogP contribution in [-0.2, 0) is 0 Å². The molecule has 2 aromatic rings. The number of amides is 3. The Bertz CT molecular complexity index is 681. The van der Waals surface area contributed by atoms with Gasteiger partial charge < -0.3 is 10.2 Å². The average Bonchev–Trinajstić information content (AvgIpc) is 2.89. The van der Waals surface area contributed by atoms with Crippen LogP contribution < -0.4 is 10.6 Å². The second kappa shape index (κ2) is 7.73. The first-order valence-corrected chi connectivity index (χ1v) is 8.26. The lowest BCUT2D eigenvalue weighted by Crippen LogP contribution is -2.30. The van der Waals surface area contributed by atoms with Gasteiger partial charge in [0.2, 0.25) is 0 Å². The van der Waals surface area contributed by atoms with E-state index in [0.717, 1.165) is 0 Å². The Balaban J connectivity index is 2.06. The summed E-state index contributed by atoms with van der Waals surface area (Å²) in [5, 5.41) is 5.79. The lowest BCUT2D eigenvalue weighted by Gasteiger charge is -2.17. The largest absolute Gasteiger partial charge is 0.338 e. The summed E-state index contributed by atoms with van der Waals surface area (Å²) in [5.74, 6) is -0.0542. The first-order valence-electron chi connectivity index (χ1n) is 7.44. The van der Waals surface area contributed by atoms with Crippen molar-refractivity contribution in [1.29, 1.82) is 0 Å². The summed E-state index contributed by atoms with van der Waals surface area (Å²) in [4.78, 5) is 30.9. The maximum atomic E-state index is 12.4. The van der Waals surface area contributed by atoms with E-state index in [1.807, 2.05) is 32.0 Å². The lowest BCUT2D eigenvalue weighted by molar-refractivity contribution is 0.0777. The smallest absolute Gasteiger partial charge is 0.325 e. The number of benzene rings is 1. The third-order valence-corrected chi connectivity index (χ3v) is 4.35. The maximum absolute atomic E-state index is 12.4. The van der Waals surface area contributed by atoms with Crippen LogP contribution in [0.5, 0.6) is 0 Å². The summed E-state index contributed by atoms with van der Waals surface area (Å²) in [6.07, 6.45) is 0. The molecule has 6 nitrogen and oxygen atoms in total. The summed E-state index contributed by atoms with van der Waals surface area (Å²) in [7, 11) is 0. The van der Waals surface area contributed by atoms with Crippen LogP contribution in [0.2, 0.25) is 0 Å². The van der Waals surface area contributed by atoms with E-state index in [1.54, 1.807) is 24.0 Å². The number of carbonyl (C=O) groups excluding carboxylic acids is 2. The molecule has 0 atom stereocenters. The van der Waals surface area contributed by atoms with E-state index in [-0.39, 0.29) is 11.9 Å². The molecule has 0 bridgehead atoms. The number of hydrogen-bond acceptors (Lipinski definition) is 4. The van der Waals surface area contributed by atoms with Crippen molar-refractivity contribution in [3.05, 3.63) is 40.9 Å². The normalized spacial score (nSPS) is 10.2. The van der Waals surface area contributed by atoms with E-state index in [9.17, 15) is 9.59 Å². The van der Waals surface area contributed by atoms with Crippen LogP contribution in [0.25, 0.3) is 0 Å². The Labute approximate surface area is 139 Å². The van der Waals surface area contributed by atoms with Crippen LogP contribution in [0.4, 0.5) is 15.6 Å². The number of rotatable bonds is 5. The van der Waals surface area contributed by atoms with Crippen molar-refractivity contribution in [2.45, 2.75) is 20.8 Å². The van der Waals surface area contributed by atoms with Crippen LogP contribution >= 0.6 is 11.3 Å². The van der Waals surface area contributed by atoms with Crippen molar-refractivity contribution in [2.75, 3.05) is 23.7 Å². The lowest BCUT2D eigenvalue weighted by atomic mass is 10.3. The third kappa shape index (κ3) is 4.29. The van der Waals surface area contributed by atoms with Gasteiger partial charge in [0.25, 0.3) is 5.91 Å². The topological polar surface area (TPSA) is 74.3 Å². The minimum absolute atomic E-state index is 0.0542. The first-order chi connectivity index (χ1) is 11.0. The van der Waals surface area contributed by atoms with E-state index in [0.29, 0.717) is 34.5 Å². The molecule has 122 valence electrons. The summed E-state index contributed by atoms with van der Waals surface area (Å²) in [6, 6.07) is 8.75.